The third-order valence-corrected chi connectivity index (χ3v) is 17.8. The van der Waals surface area contributed by atoms with Gasteiger partial charge in [-0.3, -0.25) is 9.59 Å². The quantitative estimate of drug-likeness (QED) is 0.0320. The first kappa shape index (κ1) is 80.3. The Morgan fingerprint density at radius 1 is 0.341 bits per heavy atom. The van der Waals surface area contributed by atoms with Gasteiger partial charge in [0.15, 0.2) is 0 Å². The summed E-state index contributed by atoms with van der Waals surface area (Å²) in [6, 6.07) is -0.540. The largest absolute Gasteiger partial charge is 0.466 e. The standard InChI is InChI=1S/C76H147NO5/c1-3-5-7-9-11-13-15-17-19-21-33-36-40-44-48-52-56-60-64-68-74(79)73(72-78)77-75(80)69-65-61-57-53-49-45-41-37-34-31-29-27-25-23-24-26-28-30-32-35-39-43-47-51-55-59-63-67-71-82-76(81)70-66-62-58-54-50-46-42-38-22-20-18-16-14-12-10-8-6-4-2/h14,16,20,22,73-74,78-79H,3-13,15,17-19,21,23-72H2,1-2H3,(H,77,80)/b16-14-,22-20-. The minimum atomic E-state index is -0.663. The molecule has 2 atom stereocenters. The molecule has 0 aliphatic heterocycles. The van der Waals surface area contributed by atoms with Crippen LogP contribution in [0.4, 0.5) is 0 Å². The van der Waals surface area contributed by atoms with E-state index in [2.05, 4.69) is 43.5 Å². The van der Waals surface area contributed by atoms with Crippen molar-refractivity contribution in [1.29, 1.82) is 0 Å². The highest BCUT2D eigenvalue weighted by Gasteiger charge is 2.20. The fourth-order valence-electron chi connectivity index (χ4n) is 12.0. The Morgan fingerprint density at radius 2 is 0.610 bits per heavy atom. The van der Waals surface area contributed by atoms with E-state index in [0.717, 1.165) is 51.4 Å². The molecule has 6 nitrogen and oxygen atoms in total. The number of hydrogen-bond acceptors (Lipinski definition) is 5. The predicted octanol–water partition coefficient (Wildman–Crippen LogP) is 24.5. The summed E-state index contributed by atoms with van der Waals surface area (Å²) in [5.41, 5.74) is 0. The summed E-state index contributed by atoms with van der Waals surface area (Å²) in [5.74, 6) is -0.0149. The van der Waals surface area contributed by atoms with Crippen LogP contribution in [0.3, 0.4) is 0 Å². The number of nitrogens with one attached hydrogen (secondary N) is 1. The van der Waals surface area contributed by atoms with Crippen LogP contribution in [0.25, 0.3) is 0 Å². The number of hydrogen-bond donors (Lipinski definition) is 3. The summed E-state index contributed by atoms with van der Waals surface area (Å²) < 4.78 is 5.51. The molecule has 0 aliphatic rings. The minimum Gasteiger partial charge on any atom is -0.466 e. The second-order valence-corrected chi connectivity index (χ2v) is 26.0. The van der Waals surface area contributed by atoms with Gasteiger partial charge in [-0.05, 0) is 57.8 Å². The van der Waals surface area contributed by atoms with Gasteiger partial charge in [-0.1, -0.05) is 378 Å². The average molecular weight is 1160 g/mol. The van der Waals surface area contributed by atoms with Crippen molar-refractivity contribution < 1.29 is 24.5 Å². The molecule has 0 aliphatic carbocycles. The van der Waals surface area contributed by atoms with Gasteiger partial charge in [0.05, 0.1) is 25.4 Å². The third-order valence-electron chi connectivity index (χ3n) is 17.8. The number of carbonyl (C=O) groups excluding carboxylic acids is 2. The number of esters is 1. The topological polar surface area (TPSA) is 95.9 Å². The molecule has 0 saturated heterocycles. The summed E-state index contributed by atoms with van der Waals surface area (Å²) in [6.07, 6.45) is 91.0. The number of aliphatic hydroxyl groups excluding tert-OH is 2. The van der Waals surface area contributed by atoms with Crippen molar-refractivity contribution in [2.75, 3.05) is 13.2 Å². The summed E-state index contributed by atoms with van der Waals surface area (Å²) >= 11 is 0. The van der Waals surface area contributed by atoms with Crippen LogP contribution in [0.1, 0.15) is 425 Å². The van der Waals surface area contributed by atoms with Crippen LogP contribution in [0, 0.1) is 0 Å². The Hall–Kier alpha value is -1.66. The number of ether oxygens (including phenoxy) is 1. The van der Waals surface area contributed by atoms with Crippen molar-refractivity contribution in [1.82, 2.24) is 5.32 Å². The minimum absolute atomic E-state index is 0.0124. The van der Waals surface area contributed by atoms with Gasteiger partial charge in [-0.2, -0.15) is 0 Å². The van der Waals surface area contributed by atoms with E-state index in [1.807, 2.05) is 0 Å². The highest BCUT2D eigenvalue weighted by molar-refractivity contribution is 5.76. The van der Waals surface area contributed by atoms with Crippen LogP contribution >= 0.6 is 0 Å². The Morgan fingerprint density at radius 3 is 0.939 bits per heavy atom. The van der Waals surface area contributed by atoms with Crippen molar-refractivity contribution in [3.63, 3.8) is 0 Å². The second kappa shape index (κ2) is 71.8. The molecular weight excluding hydrogens is 1010 g/mol. The first-order chi connectivity index (χ1) is 40.5. The molecule has 0 fully saturated rings. The molecule has 486 valence electrons. The first-order valence-electron chi connectivity index (χ1n) is 37.6. The molecule has 6 heteroatoms. The van der Waals surface area contributed by atoms with E-state index in [-0.39, 0.29) is 18.5 Å². The molecule has 3 N–H and O–H groups in total. The Labute approximate surface area is 513 Å². The summed E-state index contributed by atoms with van der Waals surface area (Å²) in [4.78, 5) is 24.7. The van der Waals surface area contributed by atoms with Gasteiger partial charge in [0.2, 0.25) is 5.91 Å². The summed E-state index contributed by atoms with van der Waals surface area (Å²) in [7, 11) is 0. The monoisotopic (exact) mass is 1150 g/mol. The lowest BCUT2D eigenvalue weighted by Gasteiger charge is -2.22. The smallest absolute Gasteiger partial charge is 0.305 e. The zero-order valence-electron chi connectivity index (χ0n) is 55.8. The maximum Gasteiger partial charge on any atom is 0.305 e. The summed E-state index contributed by atoms with van der Waals surface area (Å²) in [5, 5.41) is 23.4. The third kappa shape index (κ3) is 67.5. The van der Waals surface area contributed by atoms with Gasteiger partial charge in [0, 0.05) is 12.8 Å². The first-order valence-corrected chi connectivity index (χ1v) is 37.6. The average Bonchev–Trinajstić information content (AvgIpc) is 3.48. The van der Waals surface area contributed by atoms with Gasteiger partial charge in [-0.25, -0.2) is 0 Å². The van der Waals surface area contributed by atoms with Crippen molar-refractivity contribution in [2.24, 2.45) is 0 Å². The second-order valence-electron chi connectivity index (χ2n) is 26.0. The van der Waals surface area contributed by atoms with Crippen molar-refractivity contribution >= 4 is 11.9 Å². The van der Waals surface area contributed by atoms with E-state index in [9.17, 15) is 19.8 Å². The number of carbonyl (C=O) groups is 2. The van der Waals surface area contributed by atoms with E-state index < -0.39 is 12.1 Å². The fraction of sp³-hybridized carbons (Fsp3) is 0.921. The van der Waals surface area contributed by atoms with Gasteiger partial charge < -0.3 is 20.3 Å². The van der Waals surface area contributed by atoms with Crippen LogP contribution in [-0.2, 0) is 14.3 Å². The van der Waals surface area contributed by atoms with Gasteiger partial charge in [0.25, 0.3) is 0 Å². The molecular formula is C76H147NO5. The Balaban J connectivity index is 3.34. The van der Waals surface area contributed by atoms with E-state index in [0.29, 0.717) is 25.9 Å². The molecule has 0 aromatic heterocycles. The van der Waals surface area contributed by atoms with Gasteiger partial charge >= 0.3 is 5.97 Å². The summed E-state index contributed by atoms with van der Waals surface area (Å²) in [6.45, 7) is 4.98. The highest BCUT2D eigenvalue weighted by Crippen LogP contribution is 2.20. The van der Waals surface area contributed by atoms with Crippen molar-refractivity contribution in [2.45, 2.75) is 437 Å². The maximum absolute atomic E-state index is 12.5. The Kier molecular flexibility index (Phi) is 70.4. The van der Waals surface area contributed by atoms with Crippen LogP contribution in [0.15, 0.2) is 24.3 Å². The lowest BCUT2D eigenvalue weighted by molar-refractivity contribution is -0.143. The Bertz CT molecular complexity index is 1280. The number of amides is 1. The number of rotatable bonds is 71. The van der Waals surface area contributed by atoms with E-state index >= 15 is 0 Å². The molecule has 0 bridgehead atoms. The molecule has 82 heavy (non-hydrogen) atoms. The van der Waals surface area contributed by atoms with Crippen LogP contribution in [0.5, 0.6) is 0 Å². The SMILES string of the molecule is CCCCCC/C=C\C/C=C\CCCCCCCCCC(=O)OCCCCCCCCCCCCCCCCCCCCCCCCCCCCCCC(=O)NC(CO)C(O)CCCCCCCCCCCCCCCCCCCCC. The number of aliphatic hydroxyl groups is 2. The molecule has 0 heterocycles. The predicted molar refractivity (Wildman–Crippen MR) is 361 cm³/mol. The number of unbranched alkanes of at least 4 members (excludes halogenated alkanes) is 56. The lowest BCUT2D eigenvalue weighted by Crippen LogP contribution is -2.45. The number of allylic oxidation sites excluding steroid dienone is 4. The highest BCUT2D eigenvalue weighted by atomic mass is 16.5. The van der Waals surface area contributed by atoms with E-state index in [1.165, 1.54) is 340 Å². The van der Waals surface area contributed by atoms with Gasteiger partial charge in [0.1, 0.15) is 0 Å². The fourth-order valence-corrected chi connectivity index (χ4v) is 12.0. The zero-order valence-corrected chi connectivity index (χ0v) is 55.8. The molecule has 0 rings (SSSR count). The lowest BCUT2D eigenvalue weighted by atomic mass is 10.0. The van der Waals surface area contributed by atoms with E-state index in [4.69, 9.17) is 4.74 Å². The van der Waals surface area contributed by atoms with Crippen LogP contribution in [0.2, 0.25) is 0 Å². The molecule has 0 aromatic carbocycles. The molecule has 1 amide bonds. The molecule has 0 radical (unpaired) electrons. The van der Waals surface area contributed by atoms with Crippen LogP contribution < -0.4 is 5.32 Å². The van der Waals surface area contributed by atoms with Crippen molar-refractivity contribution in [3.05, 3.63) is 24.3 Å². The molecule has 2 unspecified atom stereocenters. The molecule has 0 spiro atoms. The molecule has 0 aromatic rings. The van der Waals surface area contributed by atoms with E-state index in [1.54, 1.807) is 0 Å². The van der Waals surface area contributed by atoms with Gasteiger partial charge in [-0.15, -0.1) is 0 Å². The normalized spacial score (nSPS) is 12.6. The zero-order chi connectivity index (χ0) is 59.2. The van der Waals surface area contributed by atoms with Crippen molar-refractivity contribution in [3.8, 4) is 0 Å². The molecule has 0 saturated carbocycles. The maximum atomic E-state index is 12.5. The van der Waals surface area contributed by atoms with Crippen LogP contribution in [-0.4, -0.2) is 47.4 Å².